The van der Waals surface area contributed by atoms with Crippen molar-refractivity contribution >= 4 is 11.7 Å². The second-order valence-electron chi connectivity index (χ2n) is 4.73. The van der Waals surface area contributed by atoms with E-state index in [1.54, 1.807) is 13.8 Å². The van der Waals surface area contributed by atoms with Crippen molar-refractivity contribution in [2.75, 3.05) is 11.9 Å². The maximum absolute atomic E-state index is 12.5. The molecule has 7 heteroatoms. The number of carboxylic acid groups (broad SMARTS) is 1. The van der Waals surface area contributed by atoms with E-state index in [0.717, 1.165) is 12.1 Å². The predicted octanol–water partition coefficient (Wildman–Crippen LogP) is 2.59. The van der Waals surface area contributed by atoms with Gasteiger partial charge in [0, 0.05) is 5.69 Å². The molecule has 0 radical (unpaired) electrons. The molecule has 0 fully saturated rings. The quantitative estimate of drug-likeness (QED) is 0.791. The second-order valence-corrected chi connectivity index (χ2v) is 4.73. The maximum atomic E-state index is 12.5. The third kappa shape index (κ3) is 3.85. The normalized spacial score (nSPS) is 12.3. The molecule has 0 unspecified atom stereocenters. The van der Waals surface area contributed by atoms with E-state index in [4.69, 9.17) is 10.2 Å². The Morgan fingerprint density at radius 1 is 1.32 bits per heavy atom. The first-order valence-electron chi connectivity index (χ1n) is 5.40. The molecule has 0 saturated carbocycles. The zero-order valence-corrected chi connectivity index (χ0v) is 10.4. The van der Waals surface area contributed by atoms with Crippen LogP contribution in [0.2, 0.25) is 0 Å². The molecule has 0 saturated heterocycles. The van der Waals surface area contributed by atoms with Crippen molar-refractivity contribution in [3.63, 3.8) is 0 Å². The van der Waals surface area contributed by atoms with Gasteiger partial charge >= 0.3 is 12.1 Å². The SMILES string of the molecule is CC(C)(CO)Nc1ccc(C(F)(F)F)cc1C(=O)O. The molecule has 0 amide bonds. The lowest BCUT2D eigenvalue weighted by atomic mass is 10.0. The van der Waals surface area contributed by atoms with Crippen LogP contribution in [-0.2, 0) is 6.18 Å². The number of nitrogens with one attached hydrogen (secondary N) is 1. The highest BCUT2D eigenvalue weighted by Crippen LogP contribution is 2.32. The highest BCUT2D eigenvalue weighted by molar-refractivity contribution is 5.94. The Hall–Kier alpha value is -1.76. The summed E-state index contributed by atoms with van der Waals surface area (Å²) in [6.45, 7) is 2.89. The smallest absolute Gasteiger partial charge is 0.416 e. The number of rotatable bonds is 4. The highest BCUT2D eigenvalue weighted by Gasteiger charge is 2.32. The van der Waals surface area contributed by atoms with Gasteiger partial charge in [0.25, 0.3) is 0 Å². The fourth-order valence-corrected chi connectivity index (χ4v) is 1.41. The summed E-state index contributed by atoms with van der Waals surface area (Å²) in [4.78, 5) is 11.0. The Kier molecular flexibility index (Phi) is 4.09. The van der Waals surface area contributed by atoms with Crippen molar-refractivity contribution in [1.29, 1.82) is 0 Å². The molecule has 106 valence electrons. The Labute approximate surface area is 107 Å². The lowest BCUT2D eigenvalue weighted by molar-refractivity contribution is -0.137. The molecule has 0 heterocycles. The lowest BCUT2D eigenvalue weighted by Gasteiger charge is -2.26. The molecule has 0 aliphatic rings. The van der Waals surface area contributed by atoms with Crippen molar-refractivity contribution in [3.05, 3.63) is 29.3 Å². The average Bonchev–Trinajstić information content (AvgIpc) is 2.27. The van der Waals surface area contributed by atoms with E-state index < -0.39 is 28.8 Å². The number of aliphatic hydroxyl groups is 1. The van der Waals surface area contributed by atoms with E-state index in [1.165, 1.54) is 0 Å². The van der Waals surface area contributed by atoms with Crippen LogP contribution in [0.3, 0.4) is 0 Å². The zero-order valence-electron chi connectivity index (χ0n) is 10.4. The number of alkyl halides is 3. The van der Waals surface area contributed by atoms with Crippen molar-refractivity contribution < 1.29 is 28.2 Å². The molecule has 0 aromatic heterocycles. The molecule has 1 rings (SSSR count). The molecular formula is C12H14F3NO3. The van der Waals surface area contributed by atoms with Gasteiger partial charge < -0.3 is 15.5 Å². The molecule has 4 nitrogen and oxygen atoms in total. The molecule has 1 aromatic carbocycles. The second kappa shape index (κ2) is 5.08. The molecule has 0 atom stereocenters. The minimum absolute atomic E-state index is 0.0274. The minimum atomic E-state index is -4.60. The standard InChI is InChI=1S/C12H14F3NO3/c1-11(2,6-17)16-9-4-3-7(12(13,14)15)5-8(9)10(18)19/h3-5,16-17H,6H2,1-2H3,(H,18,19). The van der Waals surface area contributed by atoms with Crippen LogP contribution in [0.15, 0.2) is 18.2 Å². The summed E-state index contributed by atoms with van der Waals surface area (Å²) >= 11 is 0. The summed E-state index contributed by atoms with van der Waals surface area (Å²) in [5.41, 5.74) is -2.34. The largest absolute Gasteiger partial charge is 0.478 e. The van der Waals surface area contributed by atoms with Crippen LogP contribution in [0.5, 0.6) is 0 Å². The van der Waals surface area contributed by atoms with E-state index in [1.807, 2.05) is 0 Å². The third-order valence-electron chi connectivity index (χ3n) is 2.45. The monoisotopic (exact) mass is 277 g/mol. The lowest BCUT2D eigenvalue weighted by Crippen LogP contribution is -2.35. The van der Waals surface area contributed by atoms with Crippen molar-refractivity contribution in [1.82, 2.24) is 0 Å². The molecular weight excluding hydrogens is 263 g/mol. The summed E-state index contributed by atoms with van der Waals surface area (Å²) < 4.78 is 37.5. The fourth-order valence-electron chi connectivity index (χ4n) is 1.41. The summed E-state index contributed by atoms with van der Waals surface area (Å²) in [7, 11) is 0. The van der Waals surface area contributed by atoms with Gasteiger partial charge in [0.2, 0.25) is 0 Å². The van der Waals surface area contributed by atoms with Crippen LogP contribution >= 0.6 is 0 Å². The number of carboxylic acids is 1. The van der Waals surface area contributed by atoms with Gasteiger partial charge in [-0.1, -0.05) is 0 Å². The van der Waals surface area contributed by atoms with Crippen molar-refractivity contribution in [2.45, 2.75) is 25.6 Å². The molecule has 0 spiro atoms. The maximum Gasteiger partial charge on any atom is 0.416 e. The summed E-state index contributed by atoms with van der Waals surface area (Å²) in [5.74, 6) is -1.47. The van der Waals surface area contributed by atoms with E-state index >= 15 is 0 Å². The zero-order chi connectivity index (χ0) is 14.8. The number of aromatic carboxylic acids is 1. The van der Waals surface area contributed by atoms with Crippen LogP contribution in [0.4, 0.5) is 18.9 Å². The fraction of sp³-hybridized carbons (Fsp3) is 0.417. The molecule has 0 aliphatic heterocycles. The summed E-state index contributed by atoms with van der Waals surface area (Å²) in [6.07, 6.45) is -4.60. The summed E-state index contributed by atoms with van der Waals surface area (Å²) in [6, 6.07) is 2.41. The molecule has 3 N–H and O–H groups in total. The number of aliphatic hydroxyl groups excluding tert-OH is 1. The van der Waals surface area contributed by atoms with Crippen molar-refractivity contribution in [3.8, 4) is 0 Å². The van der Waals surface area contributed by atoms with Crippen LogP contribution in [0, 0.1) is 0 Å². The Morgan fingerprint density at radius 2 is 1.89 bits per heavy atom. The van der Waals surface area contributed by atoms with Gasteiger partial charge in [-0.05, 0) is 32.0 Å². The predicted molar refractivity (Wildman–Crippen MR) is 63.2 cm³/mol. The van der Waals surface area contributed by atoms with Gasteiger partial charge in [0.15, 0.2) is 0 Å². The van der Waals surface area contributed by atoms with Crippen LogP contribution in [0.1, 0.15) is 29.8 Å². The Morgan fingerprint density at radius 3 is 2.32 bits per heavy atom. The molecule has 0 aliphatic carbocycles. The minimum Gasteiger partial charge on any atom is -0.478 e. The number of benzene rings is 1. The topological polar surface area (TPSA) is 69.6 Å². The van der Waals surface area contributed by atoms with Gasteiger partial charge in [-0.3, -0.25) is 0 Å². The van der Waals surface area contributed by atoms with E-state index in [-0.39, 0.29) is 12.3 Å². The first-order chi connectivity index (χ1) is 8.57. The van der Waals surface area contributed by atoms with Crippen LogP contribution in [-0.4, -0.2) is 28.3 Å². The van der Waals surface area contributed by atoms with Gasteiger partial charge in [0.1, 0.15) is 0 Å². The van der Waals surface area contributed by atoms with Crippen LogP contribution < -0.4 is 5.32 Å². The van der Waals surface area contributed by atoms with E-state index in [9.17, 15) is 18.0 Å². The first kappa shape index (κ1) is 15.3. The Balaban J connectivity index is 3.24. The number of hydrogen-bond acceptors (Lipinski definition) is 3. The van der Waals surface area contributed by atoms with Gasteiger partial charge in [-0.2, -0.15) is 13.2 Å². The third-order valence-corrected chi connectivity index (χ3v) is 2.45. The number of halogens is 3. The van der Waals surface area contributed by atoms with Gasteiger partial charge in [-0.25, -0.2) is 4.79 Å². The van der Waals surface area contributed by atoms with Gasteiger partial charge in [-0.15, -0.1) is 0 Å². The summed E-state index contributed by atoms with van der Waals surface area (Å²) in [5, 5.41) is 20.7. The van der Waals surface area contributed by atoms with Gasteiger partial charge in [0.05, 0.1) is 23.3 Å². The van der Waals surface area contributed by atoms with E-state index in [2.05, 4.69) is 5.32 Å². The molecule has 0 bridgehead atoms. The number of carbonyl (C=O) groups is 1. The number of hydrogen-bond donors (Lipinski definition) is 3. The van der Waals surface area contributed by atoms with Crippen LogP contribution in [0.25, 0.3) is 0 Å². The Bertz CT molecular complexity index is 484. The molecule has 1 aromatic rings. The van der Waals surface area contributed by atoms with Crippen molar-refractivity contribution in [2.24, 2.45) is 0 Å². The number of anilines is 1. The van der Waals surface area contributed by atoms with E-state index in [0.29, 0.717) is 6.07 Å². The first-order valence-corrected chi connectivity index (χ1v) is 5.40. The molecule has 19 heavy (non-hydrogen) atoms. The average molecular weight is 277 g/mol. The highest BCUT2D eigenvalue weighted by atomic mass is 19.4.